The lowest BCUT2D eigenvalue weighted by molar-refractivity contribution is -0.0866. The van der Waals surface area contributed by atoms with E-state index in [1.807, 2.05) is 0 Å². The van der Waals surface area contributed by atoms with Gasteiger partial charge in [0.05, 0.1) is 4.75 Å². The van der Waals surface area contributed by atoms with Gasteiger partial charge >= 0.3 is 0 Å². The molecule has 0 aromatic rings. The van der Waals surface area contributed by atoms with E-state index in [1.54, 1.807) is 0 Å². The van der Waals surface area contributed by atoms with Crippen molar-refractivity contribution in [2.45, 2.75) is 23.3 Å². The highest BCUT2D eigenvalue weighted by Crippen LogP contribution is 3.10. The van der Waals surface area contributed by atoms with Crippen LogP contribution in [0.5, 0.6) is 0 Å². The van der Waals surface area contributed by atoms with E-state index >= 15 is 0 Å². The van der Waals surface area contributed by atoms with Crippen molar-refractivity contribution in [1.82, 2.24) is 0 Å². The molecule has 0 nitrogen and oxygen atoms in total. The number of halogens is 1. The van der Waals surface area contributed by atoms with Crippen LogP contribution >= 0.6 is 12.6 Å². The van der Waals surface area contributed by atoms with Crippen molar-refractivity contribution in [3.05, 3.63) is 0 Å². The van der Waals surface area contributed by atoms with Crippen molar-refractivity contribution in [3.63, 3.8) is 0 Å². The molecule has 9 heavy (non-hydrogen) atoms. The molecular formula is C7H7FS. The molecule has 48 valence electrons. The van der Waals surface area contributed by atoms with Crippen molar-refractivity contribution in [2.75, 3.05) is 0 Å². The van der Waals surface area contributed by atoms with Crippen LogP contribution in [0.3, 0.4) is 0 Å². The van der Waals surface area contributed by atoms with Gasteiger partial charge in [0.2, 0.25) is 0 Å². The van der Waals surface area contributed by atoms with Crippen LogP contribution in [0.15, 0.2) is 0 Å². The number of hydrogen-bond acceptors (Lipinski definition) is 1. The second kappa shape index (κ2) is 0.635. The largest absolute Gasteiger partial charge is 0.242 e. The Morgan fingerprint density at radius 2 is 2.33 bits per heavy atom. The lowest BCUT2D eigenvalue weighted by atomic mass is 9.55. The molecule has 4 saturated carbocycles. The van der Waals surface area contributed by atoms with E-state index in [0.29, 0.717) is 5.92 Å². The van der Waals surface area contributed by atoms with Crippen LogP contribution < -0.4 is 0 Å². The topological polar surface area (TPSA) is 0 Å². The summed E-state index contributed by atoms with van der Waals surface area (Å²) in [6.07, 6.45) is 2.13. The minimum absolute atomic E-state index is 0.0787. The first-order chi connectivity index (χ1) is 4.19. The number of thiol groups is 1. The molecule has 5 atom stereocenters. The molecule has 0 saturated heterocycles. The molecule has 4 unspecified atom stereocenters. The Kier molecular flexibility index (Phi) is 0.298. The smallest absolute Gasteiger partial charge is 0.134 e. The average molecular weight is 142 g/mol. The molecule has 0 bridgehead atoms. The fraction of sp³-hybridized carbons (Fsp3) is 1.00. The van der Waals surface area contributed by atoms with Gasteiger partial charge in [-0.2, -0.15) is 12.6 Å². The average Bonchev–Trinajstić information content (AvgIpc) is 2.42. The van der Waals surface area contributed by atoms with Gasteiger partial charge in [0.25, 0.3) is 0 Å². The standard InChI is InChI=1S/C7H7FS/c8-5-2-3-1-4-6(3,5)7(4,5)9/h3-4,9H,1-2H2/t3?,4?,5-,6?,7?/m1/s1. The van der Waals surface area contributed by atoms with Crippen molar-refractivity contribution in [2.24, 2.45) is 17.3 Å². The third kappa shape index (κ3) is 0.129. The van der Waals surface area contributed by atoms with Crippen LogP contribution in [0.1, 0.15) is 12.8 Å². The zero-order chi connectivity index (χ0) is 6.07. The Morgan fingerprint density at radius 3 is 2.44 bits per heavy atom. The summed E-state index contributed by atoms with van der Waals surface area (Å²) in [7, 11) is 0. The van der Waals surface area contributed by atoms with E-state index < -0.39 is 5.67 Å². The molecule has 0 N–H and O–H groups in total. The molecule has 0 amide bonds. The molecule has 4 aliphatic carbocycles. The highest BCUT2D eigenvalue weighted by molar-refractivity contribution is 7.83. The first-order valence-electron chi connectivity index (χ1n) is 3.61. The predicted octanol–water partition coefficient (Wildman–Crippen LogP) is 1.42. The summed E-state index contributed by atoms with van der Waals surface area (Å²) in [6, 6.07) is 0. The Labute approximate surface area is 58.2 Å². The maximum atomic E-state index is 13.3. The van der Waals surface area contributed by atoms with Gasteiger partial charge in [0.15, 0.2) is 0 Å². The Hall–Kier alpha value is 0.280. The van der Waals surface area contributed by atoms with Crippen LogP contribution in [0.25, 0.3) is 0 Å². The van der Waals surface area contributed by atoms with Gasteiger partial charge in [-0.3, -0.25) is 0 Å². The Bertz CT molecular complexity index is 233. The van der Waals surface area contributed by atoms with Gasteiger partial charge in [-0.25, -0.2) is 4.39 Å². The zero-order valence-electron chi connectivity index (χ0n) is 4.89. The summed E-state index contributed by atoms with van der Waals surface area (Å²) >= 11 is 4.40. The monoisotopic (exact) mass is 142 g/mol. The first-order valence-corrected chi connectivity index (χ1v) is 4.05. The highest BCUT2D eigenvalue weighted by atomic mass is 32.1. The predicted molar refractivity (Wildman–Crippen MR) is 34.2 cm³/mol. The van der Waals surface area contributed by atoms with E-state index in [0.717, 1.165) is 12.3 Å². The van der Waals surface area contributed by atoms with E-state index in [1.165, 1.54) is 6.42 Å². The summed E-state index contributed by atoms with van der Waals surface area (Å²) in [5.74, 6) is 1.46. The second-order valence-corrected chi connectivity index (χ2v) is 4.83. The Morgan fingerprint density at radius 1 is 1.56 bits per heavy atom. The molecule has 0 aromatic carbocycles. The molecule has 0 heterocycles. The molecule has 2 heteroatoms. The van der Waals surface area contributed by atoms with Gasteiger partial charge in [-0.15, -0.1) is 0 Å². The lowest BCUT2D eigenvalue weighted by Crippen LogP contribution is -2.53. The fourth-order valence-corrected chi connectivity index (χ4v) is 5.02. The minimum atomic E-state index is -0.753. The van der Waals surface area contributed by atoms with Crippen molar-refractivity contribution < 1.29 is 4.39 Å². The second-order valence-electron chi connectivity index (χ2n) is 4.13. The van der Waals surface area contributed by atoms with Crippen LogP contribution in [-0.4, -0.2) is 10.4 Å². The quantitative estimate of drug-likeness (QED) is 0.486. The van der Waals surface area contributed by atoms with E-state index in [-0.39, 0.29) is 10.2 Å². The Balaban J connectivity index is 2.04. The number of fused-ring (bicyclic) bond motifs is 2. The number of alkyl halides is 1. The van der Waals surface area contributed by atoms with Gasteiger partial charge in [0.1, 0.15) is 5.67 Å². The highest BCUT2D eigenvalue weighted by Gasteiger charge is 3.17. The third-order valence-corrected chi connectivity index (χ3v) is 5.53. The minimum Gasteiger partial charge on any atom is -0.242 e. The van der Waals surface area contributed by atoms with Gasteiger partial charge in [0, 0.05) is 5.41 Å². The molecule has 0 aliphatic heterocycles. The molecule has 0 radical (unpaired) electrons. The molecule has 4 aliphatic rings. The SMILES string of the molecule is F[C@@]12CC3CC4C1(S)C342. The van der Waals surface area contributed by atoms with Crippen LogP contribution in [0.4, 0.5) is 4.39 Å². The molecule has 1 spiro atoms. The number of hydrogen-bond donors (Lipinski definition) is 1. The van der Waals surface area contributed by atoms with E-state index in [4.69, 9.17) is 0 Å². The maximum absolute atomic E-state index is 13.3. The number of rotatable bonds is 0. The van der Waals surface area contributed by atoms with Crippen LogP contribution in [-0.2, 0) is 0 Å². The van der Waals surface area contributed by atoms with Crippen molar-refractivity contribution in [1.29, 1.82) is 0 Å². The normalized spacial score (nSPS) is 94.0. The maximum Gasteiger partial charge on any atom is 0.134 e. The fourth-order valence-electron chi connectivity index (χ4n) is 4.04. The molecule has 0 aromatic heterocycles. The lowest BCUT2D eigenvalue weighted by Gasteiger charge is -2.51. The summed E-state index contributed by atoms with van der Waals surface area (Å²) in [4.78, 5) is 0. The van der Waals surface area contributed by atoms with Crippen LogP contribution in [0, 0.1) is 17.3 Å². The van der Waals surface area contributed by atoms with E-state index in [2.05, 4.69) is 12.6 Å². The summed E-state index contributed by atoms with van der Waals surface area (Å²) in [5.41, 5.74) is -0.570. The van der Waals surface area contributed by atoms with Gasteiger partial charge in [-0.1, -0.05) is 0 Å². The van der Waals surface area contributed by atoms with Gasteiger partial charge in [-0.05, 0) is 24.7 Å². The van der Waals surface area contributed by atoms with Crippen molar-refractivity contribution in [3.8, 4) is 0 Å². The van der Waals surface area contributed by atoms with Crippen molar-refractivity contribution >= 4 is 12.6 Å². The molecule has 4 fully saturated rings. The van der Waals surface area contributed by atoms with Crippen LogP contribution in [0.2, 0.25) is 0 Å². The van der Waals surface area contributed by atoms with E-state index in [9.17, 15) is 4.39 Å². The summed E-state index contributed by atoms with van der Waals surface area (Å²) in [5, 5.41) is 0. The molecule has 4 rings (SSSR count). The third-order valence-electron chi connectivity index (χ3n) is 4.49. The summed E-state index contributed by atoms with van der Waals surface area (Å²) < 4.78 is 13.2. The zero-order valence-corrected chi connectivity index (χ0v) is 5.79. The summed E-state index contributed by atoms with van der Waals surface area (Å²) in [6.45, 7) is 0. The first kappa shape index (κ1) is 4.22. The molecular weight excluding hydrogens is 135 g/mol. The van der Waals surface area contributed by atoms with Gasteiger partial charge < -0.3 is 0 Å².